The van der Waals surface area contributed by atoms with Crippen LogP contribution in [0.2, 0.25) is 0 Å². The normalized spacial score (nSPS) is 33.7. The fraction of sp³-hybridized carbons (Fsp3) is 0.800. The lowest BCUT2D eigenvalue weighted by Crippen LogP contribution is -2.27. The number of hydrogen-bond acceptors (Lipinski definition) is 1. The van der Waals surface area contributed by atoms with E-state index in [-0.39, 0.29) is 0 Å². The lowest BCUT2D eigenvalue weighted by molar-refractivity contribution is -0.0162. The molecule has 0 amide bonds. The van der Waals surface area contributed by atoms with E-state index >= 15 is 0 Å². The molecule has 1 heterocycles. The van der Waals surface area contributed by atoms with Crippen molar-refractivity contribution in [1.82, 2.24) is 0 Å². The van der Waals surface area contributed by atoms with Gasteiger partial charge in [0.2, 0.25) is 0 Å². The highest BCUT2D eigenvalue weighted by molar-refractivity contribution is 4.95. The van der Waals surface area contributed by atoms with Crippen LogP contribution >= 0.6 is 0 Å². The van der Waals surface area contributed by atoms with Crippen molar-refractivity contribution in [2.45, 2.75) is 45.8 Å². The molecule has 0 bridgehead atoms. The van der Waals surface area contributed by atoms with Gasteiger partial charge in [-0.3, -0.25) is 0 Å². The van der Waals surface area contributed by atoms with Gasteiger partial charge in [-0.05, 0) is 19.3 Å². The molecule has 3 atom stereocenters. The lowest BCUT2D eigenvalue weighted by Gasteiger charge is -2.27. The summed E-state index contributed by atoms with van der Waals surface area (Å²) in [7, 11) is 0. The molecule has 1 rings (SSSR count). The molecular weight excluding hydrogens is 136 g/mol. The Balaban J connectivity index is 2.42. The molecule has 0 aromatic carbocycles. The van der Waals surface area contributed by atoms with Gasteiger partial charge in [-0.2, -0.15) is 0 Å². The minimum Gasteiger partial charge on any atom is -0.371 e. The van der Waals surface area contributed by atoms with Crippen LogP contribution in [0.3, 0.4) is 0 Å². The monoisotopic (exact) mass is 154 g/mol. The Kier molecular flexibility index (Phi) is 3.13. The largest absolute Gasteiger partial charge is 0.371 e. The first-order valence-corrected chi connectivity index (χ1v) is 4.56. The van der Waals surface area contributed by atoms with Gasteiger partial charge in [-0.1, -0.05) is 32.4 Å². The second-order valence-electron chi connectivity index (χ2n) is 3.43. The van der Waals surface area contributed by atoms with Crippen LogP contribution in [0.1, 0.15) is 33.6 Å². The van der Waals surface area contributed by atoms with Gasteiger partial charge >= 0.3 is 0 Å². The molecule has 1 aliphatic heterocycles. The van der Waals surface area contributed by atoms with Crippen LogP contribution in [0, 0.1) is 5.92 Å². The van der Waals surface area contributed by atoms with Crippen LogP contribution in [-0.4, -0.2) is 12.2 Å². The van der Waals surface area contributed by atoms with Crippen molar-refractivity contribution in [2.24, 2.45) is 5.92 Å². The molecule has 11 heavy (non-hydrogen) atoms. The highest BCUT2D eigenvalue weighted by atomic mass is 16.5. The molecular formula is C10H18O. The maximum atomic E-state index is 5.75. The van der Waals surface area contributed by atoms with Gasteiger partial charge in [0, 0.05) is 0 Å². The first-order chi connectivity index (χ1) is 5.24. The van der Waals surface area contributed by atoms with Crippen molar-refractivity contribution in [2.75, 3.05) is 0 Å². The Morgan fingerprint density at radius 1 is 1.64 bits per heavy atom. The molecule has 0 N–H and O–H groups in total. The highest BCUT2D eigenvalue weighted by Gasteiger charge is 2.19. The summed E-state index contributed by atoms with van der Waals surface area (Å²) in [5, 5.41) is 0. The average Bonchev–Trinajstić information content (AvgIpc) is 2.03. The summed E-state index contributed by atoms with van der Waals surface area (Å²) < 4.78 is 5.75. The van der Waals surface area contributed by atoms with Crippen molar-refractivity contribution < 1.29 is 4.74 Å². The van der Waals surface area contributed by atoms with Gasteiger partial charge in [0.15, 0.2) is 0 Å². The molecule has 1 heteroatoms. The molecule has 0 aromatic rings. The van der Waals surface area contributed by atoms with E-state index in [9.17, 15) is 0 Å². The second kappa shape index (κ2) is 3.91. The molecule has 0 fully saturated rings. The third kappa shape index (κ3) is 2.33. The van der Waals surface area contributed by atoms with E-state index in [0.717, 1.165) is 6.42 Å². The Morgan fingerprint density at radius 2 is 2.36 bits per heavy atom. The maximum absolute atomic E-state index is 5.75. The number of rotatable bonds is 2. The van der Waals surface area contributed by atoms with Crippen LogP contribution in [0.15, 0.2) is 12.2 Å². The summed E-state index contributed by atoms with van der Waals surface area (Å²) in [5.74, 6) is 0.697. The molecule has 0 aromatic heterocycles. The molecule has 0 radical (unpaired) electrons. The minimum atomic E-state index is 0.322. The molecule has 0 saturated carbocycles. The molecule has 64 valence electrons. The van der Waals surface area contributed by atoms with E-state index < -0.39 is 0 Å². The molecule has 1 aliphatic rings. The van der Waals surface area contributed by atoms with Gasteiger partial charge in [0.1, 0.15) is 0 Å². The molecule has 1 nitrogen and oxygen atoms in total. The quantitative estimate of drug-likeness (QED) is 0.556. The lowest BCUT2D eigenvalue weighted by atomic mass is 9.97. The summed E-state index contributed by atoms with van der Waals surface area (Å²) in [6.07, 6.45) is 7.47. The van der Waals surface area contributed by atoms with E-state index in [1.165, 1.54) is 6.42 Å². The topological polar surface area (TPSA) is 9.23 Å². The average molecular weight is 154 g/mol. The molecule has 0 saturated heterocycles. The fourth-order valence-electron chi connectivity index (χ4n) is 1.41. The van der Waals surface area contributed by atoms with Crippen LogP contribution < -0.4 is 0 Å². The second-order valence-corrected chi connectivity index (χ2v) is 3.43. The highest BCUT2D eigenvalue weighted by Crippen LogP contribution is 2.20. The van der Waals surface area contributed by atoms with Crippen molar-refractivity contribution >= 4 is 0 Å². The van der Waals surface area contributed by atoms with Crippen LogP contribution in [0.25, 0.3) is 0 Å². The SMILES string of the molecule is CCC(C)[C@@H]1CC=C[C@@H](C)O1. The predicted octanol–water partition coefficient (Wildman–Crippen LogP) is 2.77. The summed E-state index contributed by atoms with van der Waals surface area (Å²) in [6.45, 7) is 6.58. The summed E-state index contributed by atoms with van der Waals surface area (Å²) >= 11 is 0. The van der Waals surface area contributed by atoms with Crippen molar-refractivity contribution in [3.63, 3.8) is 0 Å². The number of hydrogen-bond donors (Lipinski definition) is 0. The van der Waals surface area contributed by atoms with Gasteiger partial charge in [-0.25, -0.2) is 0 Å². The Morgan fingerprint density at radius 3 is 2.91 bits per heavy atom. The van der Waals surface area contributed by atoms with E-state index in [4.69, 9.17) is 4.74 Å². The zero-order chi connectivity index (χ0) is 8.27. The Hall–Kier alpha value is -0.300. The van der Waals surface area contributed by atoms with E-state index in [2.05, 4.69) is 32.9 Å². The molecule has 0 aliphatic carbocycles. The van der Waals surface area contributed by atoms with E-state index in [0.29, 0.717) is 18.1 Å². The number of ether oxygens (including phenoxy) is 1. The Labute approximate surface area is 69.4 Å². The predicted molar refractivity (Wildman–Crippen MR) is 47.5 cm³/mol. The van der Waals surface area contributed by atoms with E-state index in [1.54, 1.807) is 0 Å². The zero-order valence-corrected chi connectivity index (χ0v) is 7.71. The standard InChI is InChI=1S/C10H18O/c1-4-8(2)10-7-5-6-9(3)11-10/h5-6,8-10H,4,7H2,1-3H3/t8?,9-,10+/m1/s1. The molecule has 0 spiro atoms. The van der Waals surface area contributed by atoms with Gasteiger partial charge in [0.05, 0.1) is 12.2 Å². The fourth-order valence-corrected chi connectivity index (χ4v) is 1.41. The molecule has 1 unspecified atom stereocenters. The zero-order valence-electron chi connectivity index (χ0n) is 7.71. The third-order valence-electron chi connectivity index (χ3n) is 2.44. The smallest absolute Gasteiger partial charge is 0.0731 e. The van der Waals surface area contributed by atoms with Gasteiger partial charge in [-0.15, -0.1) is 0 Å². The van der Waals surface area contributed by atoms with Crippen molar-refractivity contribution in [1.29, 1.82) is 0 Å². The van der Waals surface area contributed by atoms with Gasteiger partial charge < -0.3 is 4.74 Å². The summed E-state index contributed by atoms with van der Waals surface area (Å²) in [5.41, 5.74) is 0. The van der Waals surface area contributed by atoms with Crippen molar-refractivity contribution in [3.8, 4) is 0 Å². The summed E-state index contributed by atoms with van der Waals surface area (Å²) in [6, 6.07) is 0. The van der Waals surface area contributed by atoms with Crippen molar-refractivity contribution in [3.05, 3.63) is 12.2 Å². The van der Waals surface area contributed by atoms with Crippen LogP contribution in [0.4, 0.5) is 0 Å². The third-order valence-corrected chi connectivity index (χ3v) is 2.44. The van der Waals surface area contributed by atoms with E-state index in [1.807, 2.05) is 0 Å². The van der Waals surface area contributed by atoms with Crippen LogP contribution in [-0.2, 0) is 4.74 Å². The minimum absolute atomic E-state index is 0.322. The van der Waals surface area contributed by atoms with Gasteiger partial charge in [0.25, 0.3) is 0 Å². The summed E-state index contributed by atoms with van der Waals surface area (Å²) in [4.78, 5) is 0. The first kappa shape index (κ1) is 8.79. The maximum Gasteiger partial charge on any atom is 0.0731 e. The first-order valence-electron chi connectivity index (χ1n) is 4.56. The Bertz CT molecular complexity index is 140. The van der Waals surface area contributed by atoms with Crippen LogP contribution in [0.5, 0.6) is 0 Å².